The number of nitriles is 1. The fourth-order valence-corrected chi connectivity index (χ4v) is 3.45. The van der Waals surface area contributed by atoms with Crippen LogP contribution in [0.4, 0.5) is 0 Å². The molecule has 0 spiro atoms. The van der Waals surface area contributed by atoms with Gasteiger partial charge in [0.05, 0.1) is 22.6 Å². The van der Waals surface area contributed by atoms with E-state index in [9.17, 15) is 8.42 Å². The van der Waals surface area contributed by atoms with Crippen LogP contribution in [-0.4, -0.2) is 27.2 Å². The number of hydrogen-bond donors (Lipinski definition) is 1. The molecule has 6 heteroatoms. The second kappa shape index (κ2) is 5.70. The Balaban J connectivity index is 2.15. The molecule has 19 heavy (non-hydrogen) atoms. The van der Waals surface area contributed by atoms with Crippen molar-refractivity contribution in [2.45, 2.75) is 36.8 Å². The van der Waals surface area contributed by atoms with E-state index in [2.05, 4.69) is 4.72 Å². The van der Waals surface area contributed by atoms with Crippen molar-refractivity contribution in [2.75, 3.05) is 6.61 Å². The largest absolute Gasteiger partial charge is 0.378 e. The molecule has 2 rings (SSSR count). The highest BCUT2D eigenvalue weighted by molar-refractivity contribution is 7.89. The number of benzene rings is 1. The Kier molecular flexibility index (Phi) is 4.20. The van der Waals surface area contributed by atoms with E-state index >= 15 is 0 Å². The molecule has 1 fully saturated rings. The average Bonchev–Trinajstić information content (AvgIpc) is 2.38. The molecule has 102 valence electrons. The Labute approximate surface area is 113 Å². The summed E-state index contributed by atoms with van der Waals surface area (Å²) in [7, 11) is -3.57. The van der Waals surface area contributed by atoms with E-state index in [1.54, 1.807) is 12.1 Å². The molecule has 1 aromatic rings. The second-order valence-electron chi connectivity index (χ2n) is 4.66. The minimum atomic E-state index is -3.57. The molecule has 2 atom stereocenters. The van der Waals surface area contributed by atoms with Gasteiger partial charge in [0, 0.05) is 12.6 Å². The van der Waals surface area contributed by atoms with Crippen molar-refractivity contribution in [3.8, 4) is 6.07 Å². The zero-order valence-corrected chi connectivity index (χ0v) is 11.5. The lowest BCUT2D eigenvalue weighted by molar-refractivity contribution is 0.0173. The second-order valence-corrected chi connectivity index (χ2v) is 6.38. The highest BCUT2D eigenvalue weighted by Gasteiger charge is 2.25. The summed E-state index contributed by atoms with van der Waals surface area (Å²) in [5.74, 6) is 0. The van der Waals surface area contributed by atoms with Crippen LogP contribution in [0.25, 0.3) is 0 Å². The third kappa shape index (κ3) is 3.53. The minimum absolute atomic E-state index is 0.0619. The average molecular weight is 280 g/mol. The first-order valence-electron chi connectivity index (χ1n) is 6.15. The first-order valence-corrected chi connectivity index (χ1v) is 7.63. The lowest BCUT2D eigenvalue weighted by atomic mass is 10.1. The third-order valence-electron chi connectivity index (χ3n) is 3.08. The van der Waals surface area contributed by atoms with Crippen LogP contribution in [0, 0.1) is 11.3 Å². The topological polar surface area (TPSA) is 79.2 Å². The normalized spacial score (nSPS) is 23.8. The van der Waals surface area contributed by atoms with E-state index in [1.165, 1.54) is 12.1 Å². The van der Waals surface area contributed by atoms with E-state index < -0.39 is 10.0 Å². The minimum Gasteiger partial charge on any atom is -0.378 e. The van der Waals surface area contributed by atoms with Crippen molar-refractivity contribution in [1.29, 1.82) is 5.26 Å². The van der Waals surface area contributed by atoms with Gasteiger partial charge in [-0.15, -0.1) is 0 Å². The standard InChI is InChI=1S/C13H16N2O3S/c1-10-7-12(5-6-18-10)15-19(16,17)13-4-2-3-11(8-13)9-14/h2-4,8,10,12,15H,5-7H2,1H3. The van der Waals surface area contributed by atoms with Crippen molar-refractivity contribution in [1.82, 2.24) is 4.72 Å². The van der Waals surface area contributed by atoms with Crippen molar-refractivity contribution < 1.29 is 13.2 Å². The van der Waals surface area contributed by atoms with Crippen LogP contribution in [0.5, 0.6) is 0 Å². The van der Waals surface area contributed by atoms with Crippen LogP contribution in [0.1, 0.15) is 25.3 Å². The number of nitrogens with one attached hydrogen (secondary N) is 1. The van der Waals surface area contributed by atoms with Gasteiger partial charge < -0.3 is 4.74 Å². The van der Waals surface area contributed by atoms with E-state index in [0.717, 1.165) is 0 Å². The molecule has 0 radical (unpaired) electrons. The fraction of sp³-hybridized carbons (Fsp3) is 0.462. The maximum absolute atomic E-state index is 12.2. The van der Waals surface area contributed by atoms with Gasteiger partial charge in [-0.25, -0.2) is 13.1 Å². The molecular weight excluding hydrogens is 264 g/mol. The smallest absolute Gasteiger partial charge is 0.240 e. The van der Waals surface area contributed by atoms with Crippen molar-refractivity contribution in [3.05, 3.63) is 29.8 Å². The van der Waals surface area contributed by atoms with Gasteiger partial charge >= 0.3 is 0 Å². The Morgan fingerprint density at radius 2 is 2.26 bits per heavy atom. The van der Waals surface area contributed by atoms with Crippen LogP contribution in [0.2, 0.25) is 0 Å². The van der Waals surface area contributed by atoms with Gasteiger partial charge in [-0.3, -0.25) is 0 Å². The first kappa shape index (κ1) is 14.0. The predicted molar refractivity (Wildman–Crippen MR) is 69.9 cm³/mol. The zero-order chi connectivity index (χ0) is 13.9. The number of sulfonamides is 1. The van der Waals surface area contributed by atoms with Gasteiger partial charge in [0.2, 0.25) is 10.0 Å². The summed E-state index contributed by atoms with van der Waals surface area (Å²) in [6.07, 6.45) is 1.39. The molecule has 5 nitrogen and oxygen atoms in total. The molecule has 2 unspecified atom stereocenters. The molecular formula is C13H16N2O3S. The van der Waals surface area contributed by atoms with Gasteiger partial charge in [0.25, 0.3) is 0 Å². The molecule has 0 saturated carbocycles. The van der Waals surface area contributed by atoms with Gasteiger partial charge in [-0.05, 0) is 38.0 Å². The summed E-state index contributed by atoms with van der Waals surface area (Å²) in [6, 6.07) is 7.85. The summed E-state index contributed by atoms with van der Waals surface area (Å²) in [5, 5.41) is 8.80. The summed E-state index contributed by atoms with van der Waals surface area (Å²) < 4.78 is 32.5. The van der Waals surface area contributed by atoms with Crippen molar-refractivity contribution in [3.63, 3.8) is 0 Å². The summed E-state index contributed by atoms with van der Waals surface area (Å²) in [6.45, 7) is 2.49. The number of nitrogens with zero attached hydrogens (tertiary/aromatic N) is 1. The van der Waals surface area contributed by atoms with Gasteiger partial charge in [-0.1, -0.05) is 6.07 Å². The molecule has 1 aliphatic rings. The molecule has 1 saturated heterocycles. The monoisotopic (exact) mass is 280 g/mol. The highest BCUT2D eigenvalue weighted by Crippen LogP contribution is 2.17. The maximum Gasteiger partial charge on any atom is 0.240 e. The molecule has 1 aliphatic heterocycles. The fourth-order valence-electron chi connectivity index (χ4n) is 2.13. The first-order chi connectivity index (χ1) is 9.01. The summed E-state index contributed by atoms with van der Waals surface area (Å²) >= 11 is 0. The van der Waals surface area contributed by atoms with E-state index in [1.807, 2.05) is 13.0 Å². The van der Waals surface area contributed by atoms with Gasteiger partial charge in [0.15, 0.2) is 0 Å². The SMILES string of the molecule is CC1CC(NS(=O)(=O)c2cccc(C#N)c2)CCO1. The van der Waals surface area contributed by atoms with Crippen LogP contribution in [0.3, 0.4) is 0 Å². The third-order valence-corrected chi connectivity index (χ3v) is 4.60. The van der Waals surface area contributed by atoms with Crippen molar-refractivity contribution in [2.24, 2.45) is 0 Å². The van der Waals surface area contributed by atoms with Crippen LogP contribution < -0.4 is 4.72 Å². The molecule has 0 amide bonds. The molecule has 0 bridgehead atoms. The zero-order valence-electron chi connectivity index (χ0n) is 10.7. The molecule has 0 aliphatic carbocycles. The van der Waals surface area contributed by atoms with E-state index in [-0.39, 0.29) is 17.0 Å². The maximum atomic E-state index is 12.2. The van der Waals surface area contributed by atoms with E-state index in [4.69, 9.17) is 10.00 Å². The predicted octanol–water partition coefficient (Wildman–Crippen LogP) is 1.40. The Morgan fingerprint density at radius 1 is 1.47 bits per heavy atom. The van der Waals surface area contributed by atoms with Crippen LogP contribution in [-0.2, 0) is 14.8 Å². The van der Waals surface area contributed by atoms with Crippen LogP contribution >= 0.6 is 0 Å². The van der Waals surface area contributed by atoms with Gasteiger partial charge in [-0.2, -0.15) is 5.26 Å². The molecule has 1 N–H and O–H groups in total. The summed E-state index contributed by atoms with van der Waals surface area (Å²) in [4.78, 5) is 0.130. The lowest BCUT2D eigenvalue weighted by Gasteiger charge is -2.27. The highest BCUT2D eigenvalue weighted by atomic mass is 32.2. The Bertz CT molecular complexity index is 592. The Hall–Kier alpha value is -1.42. The van der Waals surface area contributed by atoms with Crippen molar-refractivity contribution >= 4 is 10.0 Å². The molecule has 1 heterocycles. The number of rotatable bonds is 3. The van der Waals surface area contributed by atoms with Crippen LogP contribution in [0.15, 0.2) is 29.2 Å². The van der Waals surface area contributed by atoms with Gasteiger partial charge in [0.1, 0.15) is 0 Å². The molecule has 0 aromatic heterocycles. The van der Waals surface area contributed by atoms with E-state index in [0.29, 0.717) is 25.0 Å². The molecule has 1 aromatic carbocycles. The number of hydrogen-bond acceptors (Lipinski definition) is 4. The lowest BCUT2D eigenvalue weighted by Crippen LogP contribution is -2.41. The summed E-state index contributed by atoms with van der Waals surface area (Å²) in [5.41, 5.74) is 0.336. The Morgan fingerprint density at radius 3 is 2.95 bits per heavy atom. The quantitative estimate of drug-likeness (QED) is 0.907. The number of ether oxygens (including phenoxy) is 1.